The fourth-order valence-electron chi connectivity index (χ4n) is 2.21. The van der Waals surface area contributed by atoms with Gasteiger partial charge in [-0.05, 0) is 20.8 Å². The second-order valence-electron chi connectivity index (χ2n) is 4.80. The normalized spacial score (nSPS) is 32.6. The highest BCUT2D eigenvalue weighted by Crippen LogP contribution is 2.20. The molecule has 15 heavy (non-hydrogen) atoms. The second kappa shape index (κ2) is 5.25. The van der Waals surface area contributed by atoms with E-state index in [4.69, 9.17) is 15.2 Å². The van der Waals surface area contributed by atoms with E-state index >= 15 is 0 Å². The number of nitrogens with zero attached hydrogens (tertiary/aromatic N) is 1. The van der Waals surface area contributed by atoms with Gasteiger partial charge in [0, 0.05) is 26.7 Å². The summed E-state index contributed by atoms with van der Waals surface area (Å²) >= 11 is 0. The van der Waals surface area contributed by atoms with Crippen molar-refractivity contribution in [1.29, 1.82) is 0 Å². The molecule has 4 heteroatoms. The van der Waals surface area contributed by atoms with Crippen molar-refractivity contribution >= 4 is 0 Å². The molecule has 1 aliphatic heterocycles. The van der Waals surface area contributed by atoms with E-state index in [9.17, 15) is 0 Å². The van der Waals surface area contributed by atoms with Crippen LogP contribution in [0.25, 0.3) is 0 Å². The summed E-state index contributed by atoms with van der Waals surface area (Å²) in [5.41, 5.74) is 5.78. The van der Waals surface area contributed by atoms with Crippen LogP contribution in [0.4, 0.5) is 0 Å². The highest BCUT2D eigenvalue weighted by atomic mass is 16.5. The molecule has 0 aromatic heterocycles. The van der Waals surface area contributed by atoms with Crippen molar-refractivity contribution in [2.24, 2.45) is 5.73 Å². The molecule has 4 nitrogen and oxygen atoms in total. The highest BCUT2D eigenvalue weighted by molar-refractivity contribution is 4.91. The van der Waals surface area contributed by atoms with Crippen LogP contribution in [0.2, 0.25) is 0 Å². The van der Waals surface area contributed by atoms with Crippen molar-refractivity contribution in [3.05, 3.63) is 0 Å². The SMILES string of the molecule is COCC(C)(CN)N1CC(C)OC(C)C1. The minimum Gasteiger partial charge on any atom is -0.383 e. The first kappa shape index (κ1) is 12.9. The first-order chi connectivity index (χ1) is 7.01. The Morgan fingerprint density at radius 2 is 1.93 bits per heavy atom. The van der Waals surface area contributed by atoms with Crippen molar-refractivity contribution < 1.29 is 9.47 Å². The van der Waals surface area contributed by atoms with Gasteiger partial charge in [0.15, 0.2) is 0 Å². The third-order valence-corrected chi connectivity index (χ3v) is 3.08. The van der Waals surface area contributed by atoms with E-state index in [0.29, 0.717) is 13.2 Å². The van der Waals surface area contributed by atoms with Crippen molar-refractivity contribution in [3.63, 3.8) is 0 Å². The van der Waals surface area contributed by atoms with Gasteiger partial charge in [0.25, 0.3) is 0 Å². The van der Waals surface area contributed by atoms with Crippen LogP contribution in [0.5, 0.6) is 0 Å². The summed E-state index contributed by atoms with van der Waals surface area (Å²) in [6, 6.07) is 0. The average molecular weight is 216 g/mol. The maximum atomic E-state index is 5.85. The predicted octanol–water partition coefficient (Wildman–Crippen LogP) is 0.459. The van der Waals surface area contributed by atoms with Crippen LogP contribution < -0.4 is 5.73 Å². The number of ether oxygens (including phenoxy) is 2. The minimum atomic E-state index is -0.0684. The average Bonchev–Trinajstić information content (AvgIpc) is 2.16. The molecule has 0 aromatic rings. The molecule has 0 saturated carbocycles. The molecule has 0 aromatic carbocycles. The molecule has 1 saturated heterocycles. The first-order valence-corrected chi connectivity index (χ1v) is 5.61. The third kappa shape index (κ3) is 3.14. The van der Waals surface area contributed by atoms with E-state index in [1.54, 1.807) is 7.11 Å². The number of hydrogen-bond acceptors (Lipinski definition) is 4. The number of morpholine rings is 1. The van der Waals surface area contributed by atoms with Gasteiger partial charge in [-0.15, -0.1) is 0 Å². The highest BCUT2D eigenvalue weighted by Gasteiger charge is 2.35. The lowest BCUT2D eigenvalue weighted by molar-refractivity contribution is -0.108. The van der Waals surface area contributed by atoms with Crippen LogP contribution in [0.15, 0.2) is 0 Å². The van der Waals surface area contributed by atoms with E-state index in [1.165, 1.54) is 0 Å². The number of methoxy groups -OCH3 is 1. The molecule has 1 rings (SSSR count). The maximum Gasteiger partial charge on any atom is 0.0678 e. The summed E-state index contributed by atoms with van der Waals surface area (Å²) in [6.45, 7) is 9.51. The summed E-state index contributed by atoms with van der Waals surface area (Å²) in [7, 11) is 1.72. The summed E-state index contributed by atoms with van der Waals surface area (Å²) in [4.78, 5) is 2.38. The van der Waals surface area contributed by atoms with Gasteiger partial charge in [-0.2, -0.15) is 0 Å². The Balaban J connectivity index is 2.66. The van der Waals surface area contributed by atoms with Crippen molar-refractivity contribution in [3.8, 4) is 0 Å². The smallest absolute Gasteiger partial charge is 0.0678 e. The molecular weight excluding hydrogens is 192 g/mol. The zero-order valence-electron chi connectivity index (χ0n) is 10.3. The Morgan fingerprint density at radius 1 is 1.40 bits per heavy atom. The van der Waals surface area contributed by atoms with Crippen LogP contribution in [-0.4, -0.2) is 56.0 Å². The zero-order chi connectivity index (χ0) is 11.5. The topological polar surface area (TPSA) is 47.7 Å². The van der Waals surface area contributed by atoms with Gasteiger partial charge < -0.3 is 15.2 Å². The number of hydrogen-bond donors (Lipinski definition) is 1. The van der Waals surface area contributed by atoms with E-state index < -0.39 is 0 Å². The van der Waals surface area contributed by atoms with E-state index in [1.807, 2.05) is 0 Å². The molecule has 0 amide bonds. The fraction of sp³-hybridized carbons (Fsp3) is 1.00. The van der Waals surface area contributed by atoms with Crippen LogP contribution in [0, 0.1) is 0 Å². The molecule has 0 radical (unpaired) electrons. The Morgan fingerprint density at radius 3 is 2.33 bits per heavy atom. The quantitative estimate of drug-likeness (QED) is 0.741. The maximum absolute atomic E-state index is 5.85. The van der Waals surface area contributed by atoms with Gasteiger partial charge in [0.2, 0.25) is 0 Å². The second-order valence-corrected chi connectivity index (χ2v) is 4.80. The van der Waals surface area contributed by atoms with Crippen molar-refractivity contribution in [2.75, 3.05) is 33.4 Å². The molecule has 1 fully saturated rings. The summed E-state index contributed by atoms with van der Waals surface area (Å²) < 4.78 is 11.0. The van der Waals surface area contributed by atoms with Gasteiger partial charge in [-0.25, -0.2) is 0 Å². The Hall–Kier alpha value is -0.160. The van der Waals surface area contributed by atoms with E-state index in [0.717, 1.165) is 13.1 Å². The lowest BCUT2D eigenvalue weighted by atomic mass is 9.99. The Kier molecular flexibility index (Phi) is 4.52. The number of nitrogens with two attached hydrogens (primary N) is 1. The molecule has 1 heterocycles. The third-order valence-electron chi connectivity index (χ3n) is 3.08. The van der Waals surface area contributed by atoms with Crippen molar-refractivity contribution in [2.45, 2.75) is 38.5 Å². The number of rotatable bonds is 4. The largest absolute Gasteiger partial charge is 0.383 e. The monoisotopic (exact) mass is 216 g/mol. The standard InChI is InChI=1S/C11H24N2O2/c1-9-5-13(6-10(2)15-9)11(3,7-12)8-14-4/h9-10H,5-8,12H2,1-4H3. The van der Waals surface area contributed by atoms with Gasteiger partial charge in [-0.3, -0.25) is 4.90 Å². The molecule has 0 spiro atoms. The lowest BCUT2D eigenvalue weighted by Gasteiger charge is -2.46. The van der Waals surface area contributed by atoms with Gasteiger partial charge in [-0.1, -0.05) is 0 Å². The first-order valence-electron chi connectivity index (χ1n) is 5.61. The molecule has 3 atom stereocenters. The Bertz CT molecular complexity index is 191. The minimum absolute atomic E-state index is 0.0684. The fourth-order valence-corrected chi connectivity index (χ4v) is 2.21. The molecule has 0 aliphatic carbocycles. The Labute approximate surface area is 92.7 Å². The lowest BCUT2D eigenvalue weighted by Crippen LogP contribution is -2.61. The van der Waals surface area contributed by atoms with Crippen molar-refractivity contribution in [1.82, 2.24) is 4.90 Å². The summed E-state index contributed by atoms with van der Waals surface area (Å²) in [5, 5.41) is 0. The molecular formula is C11H24N2O2. The van der Waals surface area contributed by atoms with Crippen LogP contribution in [-0.2, 0) is 9.47 Å². The van der Waals surface area contributed by atoms with Crippen LogP contribution in [0.1, 0.15) is 20.8 Å². The summed E-state index contributed by atoms with van der Waals surface area (Å²) in [5.74, 6) is 0. The van der Waals surface area contributed by atoms with Gasteiger partial charge >= 0.3 is 0 Å². The summed E-state index contributed by atoms with van der Waals surface area (Å²) in [6.07, 6.45) is 0.549. The van der Waals surface area contributed by atoms with Gasteiger partial charge in [0.1, 0.15) is 0 Å². The van der Waals surface area contributed by atoms with E-state index in [-0.39, 0.29) is 17.7 Å². The predicted molar refractivity (Wildman–Crippen MR) is 60.9 cm³/mol. The molecule has 0 bridgehead atoms. The van der Waals surface area contributed by atoms with Crippen LogP contribution in [0.3, 0.4) is 0 Å². The van der Waals surface area contributed by atoms with Gasteiger partial charge in [0.05, 0.1) is 24.4 Å². The molecule has 2 N–H and O–H groups in total. The van der Waals surface area contributed by atoms with E-state index in [2.05, 4.69) is 25.7 Å². The molecule has 3 unspecified atom stereocenters. The van der Waals surface area contributed by atoms with Crippen LogP contribution >= 0.6 is 0 Å². The molecule has 90 valence electrons. The molecule has 1 aliphatic rings. The zero-order valence-corrected chi connectivity index (χ0v) is 10.3.